The van der Waals surface area contributed by atoms with Crippen LogP contribution in [0.15, 0.2) is 55.0 Å². The van der Waals surface area contributed by atoms with Crippen LogP contribution in [0.1, 0.15) is 41.6 Å². The molecule has 1 aliphatic heterocycles. The van der Waals surface area contributed by atoms with Gasteiger partial charge in [0.05, 0.1) is 0 Å². The number of imidazole rings is 1. The van der Waals surface area contributed by atoms with Gasteiger partial charge >= 0.3 is 0 Å². The summed E-state index contributed by atoms with van der Waals surface area (Å²) in [5.41, 5.74) is 10.4. The minimum Gasteiger partial charge on any atom is -0.382 e. The van der Waals surface area contributed by atoms with E-state index in [-0.39, 0.29) is 11.8 Å². The van der Waals surface area contributed by atoms with Crippen LogP contribution in [0.5, 0.6) is 0 Å². The molecule has 1 atom stereocenters. The topological polar surface area (TPSA) is 119 Å². The first kappa shape index (κ1) is 25.3. The van der Waals surface area contributed by atoms with Crippen LogP contribution in [0.4, 0.5) is 11.5 Å². The van der Waals surface area contributed by atoms with E-state index in [4.69, 9.17) is 10.7 Å². The number of carbonyl (C=O) groups is 2. The molecule has 1 saturated heterocycles. The predicted octanol–water partition coefficient (Wildman–Crippen LogP) is 4.10. The van der Waals surface area contributed by atoms with Gasteiger partial charge in [0.15, 0.2) is 5.82 Å². The smallest absolute Gasteiger partial charge is 0.299 e. The van der Waals surface area contributed by atoms with Crippen LogP contribution in [-0.2, 0) is 9.67 Å². The molecule has 0 radical (unpaired) electrons. The number of pyridine rings is 1. The van der Waals surface area contributed by atoms with Crippen molar-refractivity contribution in [3.8, 4) is 23.1 Å². The highest BCUT2D eigenvalue weighted by Crippen LogP contribution is 2.48. The molecule has 38 heavy (non-hydrogen) atoms. The fourth-order valence-corrected chi connectivity index (χ4v) is 6.01. The number of anilines is 2. The van der Waals surface area contributed by atoms with E-state index in [1.165, 1.54) is 0 Å². The zero-order valence-electron chi connectivity index (χ0n) is 21.4. The van der Waals surface area contributed by atoms with Crippen molar-refractivity contribution < 1.29 is 9.59 Å². The van der Waals surface area contributed by atoms with Crippen molar-refractivity contribution >= 4 is 40.6 Å². The summed E-state index contributed by atoms with van der Waals surface area (Å²) in [6.07, 6.45) is 8.62. The quantitative estimate of drug-likeness (QED) is 0.377. The average Bonchev–Trinajstić information content (AvgIpc) is 3.54. The maximum absolute atomic E-state index is 13.0. The lowest BCUT2D eigenvalue weighted by Gasteiger charge is -2.34. The third kappa shape index (κ3) is 4.25. The second-order valence-corrected chi connectivity index (χ2v) is 10.0. The minimum absolute atomic E-state index is 0.219. The third-order valence-corrected chi connectivity index (χ3v) is 8.01. The van der Waals surface area contributed by atoms with Gasteiger partial charge in [0.25, 0.3) is 11.8 Å². The first-order valence-electron chi connectivity index (χ1n) is 12.2. The Hall–Kier alpha value is -4.36. The second-order valence-electron chi connectivity index (χ2n) is 8.94. The number of likely N-dealkylation sites (tertiary alicyclic amines) is 1. The van der Waals surface area contributed by atoms with Crippen molar-refractivity contribution in [1.29, 1.82) is 0 Å². The number of carbonyl (C=O) groups excluding carboxylic acids is 2. The standard InChI is InChI=1S/C28H27N7O2S/c1-4-8-22(36)35-15-7-12-28(35,38-3)27-33-23(24-25(29)31-14-16-34(24)27)19-10-11-20(18(2)17-19)32-26(37)21-9-5-6-13-30-21/h5-6,9-11,13-14,16-17H,7,12,15H2,1-3H3,(H2,29,31)(H,32,37). The monoisotopic (exact) mass is 525 g/mol. The van der Waals surface area contributed by atoms with Gasteiger partial charge in [0.1, 0.15) is 27.6 Å². The number of hydrogen-bond donors (Lipinski definition) is 2. The molecule has 5 rings (SSSR count). The van der Waals surface area contributed by atoms with Gasteiger partial charge in [-0.15, -0.1) is 11.8 Å². The average molecular weight is 526 g/mol. The van der Waals surface area contributed by atoms with Crippen LogP contribution in [0.25, 0.3) is 16.8 Å². The number of aromatic nitrogens is 4. The van der Waals surface area contributed by atoms with Gasteiger partial charge in [-0.25, -0.2) is 9.97 Å². The van der Waals surface area contributed by atoms with Crippen molar-refractivity contribution in [2.45, 2.75) is 31.6 Å². The Balaban J connectivity index is 1.59. The fourth-order valence-electron chi connectivity index (χ4n) is 4.94. The normalized spacial score (nSPS) is 16.8. The molecule has 4 aromatic rings. The molecular weight excluding hydrogens is 498 g/mol. The van der Waals surface area contributed by atoms with Crippen LogP contribution in [0.3, 0.4) is 0 Å². The molecule has 3 aromatic heterocycles. The summed E-state index contributed by atoms with van der Waals surface area (Å²) < 4.78 is 1.94. The van der Waals surface area contributed by atoms with Gasteiger partial charge in [0.2, 0.25) is 0 Å². The number of nitrogens with two attached hydrogens (primary N) is 1. The van der Waals surface area contributed by atoms with Crippen molar-refractivity contribution in [3.63, 3.8) is 0 Å². The SMILES string of the molecule is CC#CC(=O)N1CCCC1(SC)c1nc(-c2ccc(NC(=O)c3ccccn3)c(C)c2)c2c(N)nccn12. The second kappa shape index (κ2) is 10.2. The Morgan fingerprint density at radius 3 is 2.74 bits per heavy atom. The maximum atomic E-state index is 13.0. The Bertz CT molecular complexity index is 1610. The molecule has 1 aliphatic rings. The Morgan fingerprint density at radius 2 is 2.03 bits per heavy atom. The Kier molecular flexibility index (Phi) is 6.78. The van der Waals surface area contributed by atoms with Crippen molar-refractivity contribution in [2.75, 3.05) is 23.9 Å². The van der Waals surface area contributed by atoms with Gasteiger partial charge in [0, 0.05) is 36.4 Å². The highest BCUT2D eigenvalue weighted by Gasteiger charge is 2.48. The van der Waals surface area contributed by atoms with Crippen LogP contribution in [0.2, 0.25) is 0 Å². The van der Waals surface area contributed by atoms with E-state index in [1.54, 1.807) is 49.3 Å². The van der Waals surface area contributed by atoms with Crippen molar-refractivity contribution in [1.82, 2.24) is 24.3 Å². The van der Waals surface area contributed by atoms with E-state index in [2.05, 4.69) is 27.1 Å². The highest BCUT2D eigenvalue weighted by atomic mass is 32.2. The first-order chi connectivity index (χ1) is 18.4. The summed E-state index contributed by atoms with van der Waals surface area (Å²) in [5.74, 6) is 5.97. The lowest BCUT2D eigenvalue weighted by Crippen LogP contribution is -2.43. The summed E-state index contributed by atoms with van der Waals surface area (Å²) in [6.45, 7) is 4.18. The predicted molar refractivity (Wildman–Crippen MR) is 149 cm³/mol. The molecule has 2 amide bonds. The number of benzene rings is 1. The van der Waals surface area contributed by atoms with Crippen LogP contribution < -0.4 is 11.1 Å². The van der Waals surface area contributed by atoms with E-state index in [9.17, 15) is 9.59 Å². The summed E-state index contributed by atoms with van der Waals surface area (Å²) in [4.78, 5) is 40.3. The van der Waals surface area contributed by atoms with Gasteiger partial charge < -0.3 is 16.0 Å². The lowest BCUT2D eigenvalue weighted by molar-refractivity contribution is -0.127. The van der Waals surface area contributed by atoms with Gasteiger partial charge in [-0.3, -0.25) is 19.0 Å². The molecule has 1 unspecified atom stereocenters. The number of nitrogens with zero attached hydrogens (tertiary/aromatic N) is 5. The van der Waals surface area contributed by atoms with E-state index in [0.717, 1.165) is 24.0 Å². The minimum atomic E-state index is -0.693. The number of amides is 2. The number of rotatable bonds is 5. The molecule has 0 saturated carbocycles. The molecule has 0 bridgehead atoms. The van der Waals surface area contributed by atoms with Gasteiger partial charge in [-0.1, -0.05) is 18.1 Å². The largest absolute Gasteiger partial charge is 0.382 e. The van der Waals surface area contributed by atoms with Crippen molar-refractivity contribution in [3.05, 3.63) is 72.1 Å². The molecule has 1 fully saturated rings. The molecule has 0 spiro atoms. The first-order valence-corrected chi connectivity index (χ1v) is 13.4. The van der Waals surface area contributed by atoms with Crippen LogP contribution in [0, 0.1) is 18.8 Å². The fraction of sp³-hybridized carbons (Fsp3) is 0.250. The maximum Gasteiger partial charge on any atom is 0.299 e. The number of hydrogen-bond acceptors (Lipinski definition) is 7. The third-order valence-electron chi connectivity index (χ3n) is 6.73. The summed E-state index contributed by atoms with van der Waals surface area (Å²) >= 11 is 1.57. The Morgan fingerprint density at radius 1 is 1.18 bits per heavy atom. The van der Waals surface area contributed by atoms with E-state index in [1.807, 2.05) is 46.9 Å². The molecule has 1 aromatic carbocycles. The molecule has 10 heteroatoms. The van der Waals surface area contributed by atoms with E-state index < -0.39 is 4.87 Å². The zero-order valence-corrected chi connectivity index (χ0v) is 22.2. The number of thioether (sulfide) groups is 1. The number of nitrogens with one attached hydrogen (secondary N) is 1. The van der Waals surface area contributed by atoms with Gasteiger partial charge in [-0.05, 0) is 68.7 Å². The van der Waals surface area contributed by atoms with E-state index >= 15 is 0 Å². The molecule has 9 nitrogen and oxygen atoms in total. The number of nitrogen functional groups attached to an aromatic ring is 1. The number of fused-ring (bicyclic) bond motifs is 1. The Labute approximate surface area is 224 Å². The van der Waals surface area contributed by atoms with Crippen molar-refractivity contribution in [2.24, 2.45) is 0 Å². The zero-order chi connectivity index (χ0) is 26.9. The summed E-state index contributed by atoms with van der Waals surface area (Å²) in [5, 5.41) is 2.92. The van der Waals surface area contributed by atoms with Gasteiger partial charge in [-0.2, -0.15) is 0 Å². The molecule has 192 valence electrons. The molecule has 3 N–H and O–H groups in total. The number of aryl methyl sites for hydroxylation is 1. The van der Waals surface area contributed by atoms with E-state index in [0.29, 0.717) is 40.8 Å². The lowest BCUT2D eigenvalue weighted by atomic mass is 10.1. The molecule has 0 aliphatic carbocycles. The summed E-state index contributed by atoms with van der Waals surface area (Å²) in [7, 11) is 0. The van der Waals surface area contributed by atoms with Crippen LogP contribution in [-0.4, -0.2) is 48.9 Å². The van der Waals surface area contributed by atoms with Crippen LogP contribution >= 0.6 is 11.8 Å². The molecular formula is C28H27N7O2S. The molecule has 4 heterocycles. The summed E-state index contributed by atoms with van der Waals surface area (Å²) in [6, 6.07) is 10.9. The highest BCUT2D eigenvalue weighted by molar-refractivity contribution is 7.99.